The lowest BCUT2D eigenvalue weighted by Crippen LogP contribution is -2.49. The standard InChI is InChI=1S/C22H37N5O2/c1-3-23-22(24-16-19(2)27-10-14-29-15-11-27)25-17-20-6-4-5-7-21(20)18-26-8-12-28-13-9-26/h4-7,19H,3,8-18H2,1-2H3,(H2,23,24,25). The van der Waals surface area contributed by atoms with E-state index in [0.717, 1.165) is 78.2 Å². The molecule has 2 saturated heterocycles. The molecule has 7 nitrogen and oxygen atoms in total. The van der Waals surface area contributed by atoms with E-state index in [1.165, 1.54) is 11.1 Å². The molecule has 29 heavy (non-hydrogen) atoms. The molecule has 0 aliphatic carbocycles. The highest BCUT2D eigenvalue weighted by atomic mass is 16.5. The van der Waals surface area contributed by atoms with Crippen LogP contribution in [0.4, 0.5) is 0 Å². The zero-order valence-electron chi connectivity index (χ0n) is 18.0. The Kier molecular flexibility index (Phi) is 9.21. The van der Waals surface area contributed by atoms with E-state index < -0.39 is 0 Å². The predicted molar refractivity (Wildman–Crippen MR) is 117 cm³/mol. The van der Waals surface area contributed by atoms with E-state index in [1.54, 1.807) is 0 Å². The molecule has 2 aliphatic heterocycles. The minimum Gasteiger partial charge on any atom is -0.379 e. The maximum Gasteiger partial charge on any atom is 0.191 e. The number of nitrogens with zero attached hydrogens (tertiary/aromatic N) is 3. The van der Waals surface area contributed by atoms with Crippen LogP contribution < -0.4 is 10.6 Å². The molecule has 0 saturated carbocycles. The minimum atomic E-state index is 0.455. The van der Waals surface area contributed by atoms with Gasteiger partial charge in [-0.1, -0.05) is 24.3 Å². The largest absolute Gasteiger partial charge is 0.379 e. The molecule has 2 N–H and O–H groups in total. The van der Waals surface area contributed by atoms with Crippen LogP contribution in [0.1, 0.15) is 25.0 Å². The van der Waals surface area contributed by atoms with Crippen molar-refractivity contribution < 1.29 is 9.47 Å². The second-order valence-corrected chi connectivity index (χ2v) is 7.73. The minimum absolute atomic E-state index is 0.455. The Bertz CT molecular complexity index is 627. The summed E-state index contributed by atoms with van der Waals surface area (Å²) < 4.78 is 10.9. The van der Waals surface area contributed by atoms with Crippen molar-refractivity contribution in [2.24, 2.45) is 4.99 Å². The van der Waals surface area contributed by atoms with Crippen LogP contribution in [0.3, 0.4) is 0 Å². The highest BCUT2D eigenvalue weighted by Gasteiger charge is 2.17. The number of guanidine groups is 1. The average Bonchev–Trinajstić information content (AvgIpc) is 2.77. The van der Waals surface area contributed by atoms with E-state index in [4.69, 9.17) is 14.5 Å². The van der Waals surface area contributed by atoms with Crippen LogP contribution >= 0.6 is 0 Å². The van der Waals surface area contributed by atoms with E-state index >= 15 is 0 Å². The Hall–Kier alpha value is -1.67. The second kappa shape index (κ2) is 12.1. The van der Waals surface area contributed by atoms with Gasteiger partial charge >= 0.3 is 0 Å². The van der Waals surface area contributed by atoms with Crippen LogP contribution in [0.25, 0.3) is 0 Å². The molecule has 1 aromatic carbocycles. The third kappa shape index (κ3) is 7.26. The van der Waals surface area contributed by atoms with Crippen molar-refractivity contribution in [2.75, 3.05) is 65.7 Å². The van der Waals surface area contributed by atoms with Crippen molar-refractivity contribution in [3.63, 3.8) is 0 Å². The summed E-state index contributed by atoms with van der Waals surface area (Å²) in [6.45, 7) is 15.1. The highest BCUT2D eigenvalue weighted by molar-refractivity contribution is 5.79. The Labute approximate surface area is 175 Å². The van der Waals surface area contributed by atoms with Crippen molar-refractivity contribution in [2.45, 2.75) is 33.0 Å². The van der Waals surface area contributed by atoms with Crippen LogP contribution in [0, 0.1) is 0 Å². The molecule has 2 fully saturated rings. The summed E-state index contributed by atoms with van der Waals surface area (Å²) in [5.41, 5.74) is 2.65. The number of hydrogen-bond acceptors (Lipinski definition) is 5. The summed E-state index contributed by atoms with van der Waals surface area (Å²) in [7, 11) is 0. The number of nitrogens with one attached hydrogen (secondary N) is 2. The Morgan fingerprint density at radius 1 is 1.00 bits per heavy atom. The smallest absolute Gasteiger partial charge is 0.191 e. The molecule has 3 rings (SSSR count). The molecule has 2 aliphatic rings. The molecule has 162 valence electrons. The molecular weight excluding hydrogens is 366 g/mol. The van der Waals surface area contributed by atoms with E-state index in [0.29, 0.717) is 12.6 Å². The summed E-state index contributed by atoms with van der Waals surface area (Å²) in [4.78, 5) is 9.79. The van der Waals surface area contributed by atoms with Crippen molar-refractivity contribution >= 4 is 5.96 Å². The van der Waals surface area contributed by atoms with Gasteiger partial charge in [-0.05, 0) is 25.0 Å². The molecule has 7 heteroatoms. The quantitative estimate of drug-likeness (QED) is 0.504. The van der Waals surface area contributed by atoms with E-state index in [-0.39, 0.29) is 0 Å². The first-order valence-corrected chi connectivity index (χ1v) is 11.0. The van der Waals surface area contributed by atoms with Crippen molar-refractivity contribution in [1.29, 1.82) is 0 Å². The summed E-state index contributed by atoms with van der Waals surface area (Å²) in [6, 6.07) is 9.10. The molecular formula is C22H37N5O2. The molecule has 1 atom stereocenters. The van der Waals surface area contributed by atoms with Crippen molar-refractivity contribution in [3.8, 4) is 0 Å². The number of benzene rings is 1. The molecule has 0 bridgehead atoms. The van der Waals surface area contributed by atoms with Gasteiger partial charge in [-0.25, -0.2) is 4.99 Å². The fraction of sp³-hybridized carbons (Fsp3) is 0.682. The van der Waals surface area contributed by atoms with E-state index in [1.807, 2.05) is 0 Å². The molecule has 2 heterocycles. The van der Waals surface area contributed by atoms with Crippen LogP contribution in [-0.4, -0.2) is 87.5 Å². The fourth-order valence-corrected chi connectivity index (χ4v) is 3.76. The van der Waals surface area contributed by atoms with Crippen LogP contribution in [0.15, 0.2) is 29.3 Å². The van der Waals surface area contributed by atoms with E-state index in [9.17, 15) is 0 Å². The SMILES string of the molecule is CCNC(=NCc1ccccc1CN1CCOCC1)NCC(C)N1CCOCC1. The van der Waals surface area contributed by atoms with Gasteiger partial charge in [0.25, 0.3) is 0 Å². The molecule has 0 amide bonds. The van der Waals surface area contributed by atoms with Gasteiger partial charge in [0, 0.05) is 51.9 Å². The van der Waals surface area contributed by atoms with Gasteiger partial charge in [0.05, 0.1) is 33.0 Å². The topological polar surface area (TPSA) is 61.4 Å². The predicted octanol–water partition coefficient (Wildman–Crippen LogP) is 1.29. The number of aliphatic imine (C=N–C) groups is 1. The van der Waals surface area contributed by atoms with Gasteiger partial charge in [-0.3, -0.25) is 9.80 Å². The second-order valence-electron chi connectivity index (χ2n) is 7.73. The first-order chi connectivity index (χ1) is 14.3. The monoisotopic (exact) mass is 403 g/mol. The fourth-order valence-electron chi connectivity index (χ4n) is 3.76. The Morgan fingerprint density at radius 2 is 1.66 bits per heavy atom. The molecule has 0 aromatic heterocycles. The molecule has 1 aromatic rings. The van der Waals surface area contributed by atoms with Gasteiger partial charge in [0.15, 0.2) is 5.96 Å². The first-order valence-electron chi connectivity index (χ1n) is 11.0. The van der Waals surface area contributed by atoms with Crippen LogP contribution in [0.5, 0.6) is 0 Å². The summed E-state index contributed by atoms with van der Waals surface area (Å²) in [6.07, 6.45) is 0. The maximum absolute atomic E-state index is 5.47. The van der Waals surface area contributed by atoms with Crippen molar-refractivity contribution in [1.82, 2.24) is 20.4 Å². The summed E-state index contributed by atoms with van der Waals surface area (Å²) in [5.74, 6) is 0.883. The normalized spacial score (nSPS) is 20.4. The summed E-state index contributed by atoms with van der Waals surface area (Å²) >= 11 is 0. The highest BCUT2D eigenvalue weighted by Crippen LogP contribution is 2.14. The first kappa shape index (κ1) is 22.0. The van der Waals surface area contributed by atoms with Gasteiger partial charge < -0.3 is 20.1 Å². The number of hydrogen-bond donors (Lipinski definition) is 2. The van der Waals surface area contributed by atoms with Gasteiger partial charge in [-0.2, -0.15) is 0 Å². The lowest BCUT2D eigenvalue weighted by Gasteiger charge is -2.32. The van der Waals surface area contributed by atoms with E-state index in [2.05, 4.69) is 58.5 Å². The lowest BCUT2D eigenvalue weighted by molar-refractivity contribution is 0.0211. The van der Waals surface area contributed by atoms with Crippen LogP contribution in [0.2, 0.25) is 0 Å². The zero-order chi connectivity index (χ0) is 20.3. The number of ether oxygens (including phenoxy) is 2. The van der Waals surface area contributed by atoms with Crippen LogP contribution in [-0.2, 0) is 22.6 Å². The van der Waals surface area contributed by atoms with Gasteiger partial charge in [0.1, 0.15) is 0 Å². The van der Waals surface area contributed by atoms with Crippen molar-refractivity contribution in [3.05, 3.63) is 35.4 Å². The van der Waals surface area contributed by atoms with Gasteiger partial charge in [0.2, 0.25) is 0 Å². The maximum atomic E-state index is 5.47. The molecule has 0 spiro atoms. The number of rotatable bonds is 8. The Morgan fingerprint density at radius 3 is 2.34 bits per heavy atom. The lowest BCUT2D eigenvalue weighted by atomic mass is 10.1. The third-order valence-corrected chi connectivity index (χ3v) is 5.60. The average molecular weight is 404 g/mol. The third-order valence-electron chi connectivity index (χ3n) is 5.60. The summed E-state index contributed by atoms with van der Waals surface area (Å²) in [5, 5.41) is 6.90. The molecule has 1 unspecified atom stereocenters. The Balaban J connectivity index is 1.56. The molecule has 0 radical (unpaired) electrons. The zero-order valence-corrected chi connectivity index (χ0v) is 18.0. The number of morpholine rings is 2. The van der Waals surface area contributed by atoms with Gasteiger partial charge in [-0.15, -0.1) is 0 Å².